The Morgan fingerprint density at radius 3 is 2.15 bits per heavy atom. The zero-order chi connectivity index (χ0) is 55.7. The number of hydrogen-bond donors (Lipinski definition) is 9. The molecule has 5 atom stereocenters. The average molecular weight is 1060 g/mol. The summed E-state index contributed by atoms with van der Waals surface area (Å²) >= 11 is 1.13. The Bertz CT molecular complexity index is 2480. The van der Waals surface area contributed by atoms with Crippen molar-refractivity contribution in [3.8, 4) is 0 Å². The number of nitrogens with two attached hydrogens (primary N) is 2. The number of hydrogen-bond acceptors (Lipinski definition) is 16. The number of nitrogens with zero attached hydrogens (tertiary/aromatic N) is 5. The van der Waals surface area contributed by atoms with Crippen molar-refractivity contribution in [2.75, 3.05) is 43.4 Å². The number of allylic oxidation sites excluding steroid dienone is 3. The minimum Gasteiger partial charge on any atom is -0.505 e. The molecule has 2 saturated heterocycles. The summed E-state index contributed by atoms with van der Waals surface area (Å²) in [4.78, 5) is 123. The number of thioether (sulfide) groups is 1. The number of carbonyl (C=O) groups is 9. The van der Waals surface area contributed by atoms with E-state index in [2.05, 4.69) is 41.0 Å². The van der Waals surface area contributed by atoms with Gasteiger partial charge in [0.2, 0.25) is 41.4 Å². The second-order valence-electron chi connectivity index (χ2n) is 17.8. The number of aliphatic hydroxyl groups excluding tert-OH is 3. The molecule has 11 N–H and O–H groups in total. The number of ether oxygens (including phenoxy) is 1. The van der Waals surface area contributed by atoms with Gasteiger partial charge in [0, 0.05) is 30.1 Å². The molecule has 0 radical (unpaired) electrons. The van der Waals surface area contributed by atoms with Crippen molar-refractivity contribution in [2.24, 2.45) is 17.4 Å². The van der Waals surface area contributed by atoms with Gasteiger partial charge in [-0.3, -0.25) is 49.4 Å². The molecule has 1 unspecified atom stereocenters. The van der Waals surface area contributed by atoms with Crippen LogP contribution in [0, 0.1) is 5.92 Å². The molecule has 0 spiro atoms. The lowest BCUT2D eigenvalue weighted by molar-refractivity contribution is -0.154. The Morgan fingerprint density at radius 2 is 1.59 bits per heavy atom. The van der Waals surface area contributed by atoms with Crippen LogP contribution in [0.15, 0.2) is 109 Å². The molecule has 0 bridgehead atoms. The third kappa shape index (κ3) is 16.7. The van der Waals surface area contributed by atoms with Crippen molar-refractivity contribution in [3.63, 3.8) is 0 Å². The van der Waals surface area contributed by atoms with Gasteiger partial charge in [-0.1, -0.05) is 57.9 Å². The standard InChI is InChI=1S/C50H67N11O13S/c1-8-34-43(44(67)30(6)7)61(48(71)36-22-32(15-18-37(51)62)23-60(36)47(34)70)50(73)74-24-31-13-16-33(17-14-31)54-45(68)35(12-11-20-53-49(52)72)55-46(69)42(29(4)5)56-38(63)25-75-21-19-41(66)59-27-57(39(64)9-2)26-58(28-59)40(65)10-3/h8-10,13-18,23,29,35-36,42,48-49,53,67,71-72H,2-3,6,11-12,19-22,24-28,52H2,1,4-5,7H3,(H2,51,62)(H,54,68)(H,55,69)(H,56,63)/b18-15+,34-8+,44-43-/t35-,36-,42-,48-,49?/m0/s1. The van der Waals surface area contributed by atoms with Crippen LogP contribution < -0.4 is 32.7 Å². The van der Waals surface area contributed by atoms with E-state index in [4.69, 9.17) is 16.2 Å². The zero-order valence-corrected chi connectivity index (χ0v) is 43.2. The summed E-state index contributed by atoms with van der Waals surface area (Å²) < 4.78 is 5.63. The van der Waals surface area contributed by atoms with Crippen molar-refractivity contribution in [1.82, 2.24) is 40.4 Å². The lowest BCUT2D eigenvalue weighted by Crippen LogP contribution is -2.59. The number of primary amides is 1. The summed E-state index contributed by atoms with van der Waals surface area (Å²) in [6, 6.07) is 2.82. The highest BCUT2D eigenvalue weighted by Crippen LogP contribution is 2.37. The maximum atomic E-state index is 13.9. The summed E-state index contributed by atoms with van der Waals surface area (Å²) in [6.45, 7) is 16.7. The van der Waals surface area contributed by atoms with E-state index in [9.17, 15) is 58.5 Å². The van der Waals surface area contributed by atoms with Gasteiger partial charge in [-0.25, -0.2) is 9.69 Å². The molecule has 406 valence electrons. The van der Waals surface area contributed by atoms with Crippen LogP contribution in [0.2, 0.25) is 0 Å². The number of carbonyl (C=O) groups excluding carboxylic acids is 9. The van der Waals surface area contributed by atoms with Gasteiger partial charge in [0.1, 0.15) is 30.1 Å². The fraction of sp³-hybridized carbons (Fsp3) is 0.420. The van der Waals surface area contributed by atoms with Crippen LogP contribution in [-0.4, -0.2) is 162 Å². The molecule has 1 aromatic rings. The minimum atomic E-state index is -1.75. The number of fused-ring (bicyclic) bond motifs is 1. The molecular formula is C50H67N11O13S. The summed E-state index contributed by atoms with van der Waals surface area (Å²) in [6.07, 6.45) is 3.56. The van der Waals surface area contributed by atoms with Crippen LogP contribution in [0.1, 0.15) is 58.9 Å². The van der Waals surface area contributed by atoms with E-state index in [1.165, 1.54) is 76.1 Å². The van der Waals surface area contributed by atoms with E-state index < -0.39 is 89.8 Å². The summed E-state index contributed by atoms with van der Waals surface area (Å²) in [5.74, 6) is -5.37. The predicted molar refractivity (Wildman–Crippen MR) is 277 cm³/mol. The Hall–Kier alpha value is -7.58. The quantitative estimate of drug-likeness (QED) is 0.0317. The fourth-order valence-corrected chi connectivity index (χ4v) is 8.63. The number of rotatable bonds is 23. The molecule has 24 nitrogen and oxygen atoms in total. The average Bonchev–Trinajstić information content (AvgIpc) is 3.79. The Kier molecular flexibility index (Phi) is 22.5. The molecule has 75 heavy (non-hydrogen) atoms. The van der Waals surface area contributed by atoms with Gasteiger partial charge in [-0.2, -0.15) is 11.8 Å². The number of nitrogens with one attached hydrogen (secondary N) is 4. The lowest BCUT2D eigenvalue weighted by atomic mass is 10.0. The first kappa shape index (κ1) is 60.0. The first-order valence-corrected chi connectivity index (χ1v) is 24.9. The van der Waals surface area contributed by atoms with E-state index in [1.54, 1.807) is 13.8 Å². The molecule has 0 aliphatic carbocycles. The van der Waals surface area contributed by atoms with Crippen molar-refractivity contribution < 1.29 is 63.2 Å². The SMILES string of the molecule is C=CC(=O)N1CN(C(=O)C=C)CN(C(=O)CCSCC(=O)N[C@H](C(=O)N[C@@H](CCCNC(N)O)C(=O)Nc2ccc(COC(=O)N3C(=C(\O)C(=C)C)/C(=C\C)C(=O)N4C=C(/C=C/C(N)=O)C[C@H]4[C@@H]3O)cc2)C(C)C)C1. The predicted octanol–water partition coefficient (Wildman–Crippen LogP) is 0.811. The Morgan fingerprint density at radius 1 is 0.960 bits per heavy atom. The van der Waals surface area contributed by atoms with Crippen LogP contribution in [0.4, 0.5) is 10.5 Å². The molecule has 3 aliphatic heterocycles. The highest BCUT2D eigenvalue weighted by Gasteiger charge is 2.47. The summed E-state index contributed by atoms with van der Waals surface area (Å²) in [7, 11) is 0. The van der Waals surface area contributed by atoms with Crippen molar-refractivity contribution >= 4 is 70.8 Å². The van der Waals surface area contributed by atoms with Gasteiger partial charge >= 0.3 is 6.09 Å². The van der Waals surface area contributed by atoms with Gasteiger partial charge in [0.05, 0.1) is 37.4 Å². The number of anilines is 1. The number of aliphatic hydroxyl groups is 3. The smallest absolute Gasteiger partial charge is 0.416 e. The molecule has 2 fully saturated rings. The number of amides is 9. The molecule has 3 aliphatic rings. The largest absolute Gasteiger partial charge is 0.505 e. The first-order chi connectivity index (χ1) is 35.5. The monoisotopic (exact) mass is 1060 g/mol. The molecule has 25 heteroatoms. The van der Waals surface area contributed by atoms with E-state index >= 15 is 0 Å². The topological polar surface area (TPSA) is 340 Å². The second kappa shape index (κ2) is 28.2. The van der Waals surface area contributed by atoms with Gasteiger partial charge in [-0.15, -0.1) is 0 Å². The third-order valence-corrected chi connectivity index (χ3v) is 12.8. The maximum absolute atomic E-state index is 13.9. The molecule has 9 amide bonds. The normalized spacial score (nSPS) is 19.1. The molecular weight excluding hydrogens is 995 g/mol. The Labute approximate surface area is 438 Å². The van der Waals surface area contributed by atoms with Gasteiger partial charge in [0.15, 0.2) is 12.6 Å². The van der Waals surface area contributed by atoms with E-state index in [0.717, 1.165) is 34.9 Å². The maximum Gasteiger partial charge on any atom is 0.416 e. The lowest BCUT2D eigenvalue weighted by Gasteiger charge is -2.41. The summed E-state index contributed by atoms with van der Waals surface area (Å²) in [5, 5.41) is 43.2. The molecule has 0 saturated carbocycles. The third-order valence-electron chi connectivity index (χ3n) is 11.8. The van der Waals surface area contributed by atoms with Crippen molar-refractivity contribution in [3.05, 3.63) is 114 Å². The van der Waals surface area contributed by atoms with Crippen molar-refractivity contribution in [1.29, 1.82) is 0 Å². The molecule has 3 heterocycles. The highest BCUT2D eigenvalue weighted by atomic mass is 32.2. The van der Waals surface area contributed by atoms with Crippen LogP contribution in [0.5, 0.6) is 0 Å². The van der Waals surface area contributed by atoms with Gasteiger partial charge < -0.3 is 61.3 Å². The fourth-order valence-electron chi connectivity index (χ4n) is 7.90. The zero-order valence-electron chi connectivity index (χ0n) is 42.4. The van der Waals surface area contributed by atoms with E-state index in [1.807, 2.05) is 0 Å². The van der Waals surface area contributed by atoms with Crippen LogP contribution >= 0.6 is 11.8 Å². The Balaban J connectivity index is 1.39. The summed E-state index contributed by atoms with van der Waals surface area (Å²) in [5.41, 5.74) is 11.4. The van der Waals surface area contributed by atoms with Crippen LogP contribution in [0.25, 0.3) is 0 Å². The van der Waals surface area contributed by atoms with E-state index in [-0.39, 0.29) is 98.8 Å². The van der Waals surface area contributed by atoms with Crippen molar-refractivity contribution in [2.45, 2.75) is 90.7 Å². The van der Waals surface area contributed by atoms with Gasteiger partial charge in [0.25, 0.3) is 5.91 Å². The minimum absolute atomic E-state index is 0.0105. The first-order valence-electron chi connectivity index (χ1n) is 23.8. The second-order valence-corrected chi connectivity index (χ2v) is 18.9. The molecule has 0 aromatic heterocycles. The van der Waals surface area contributed by atoms with Gasteiger partial charge in [-0.05, 0) is 86.6 Å². The number of benzene rings is 1. The van der Waals surface area contributed by atoms with Crippen LogP contribution in [0.3, 0.4) is 0 Å². The molecule has 4 rings (SSSR count). The van der Waals surface area contributed by atoms with Crippen LogP contribution in [-0.2, 0) is 49.7 Å². The van der Waals surface area contributed by atoms with E-state index in [0.29, 0.717) is 11.1 Å². The molecule has 1 aromatic carbocycles. The highest BCUT2D eigenvalue weighted by molar-refractivity contribution is 7.99.